The van der Waals surface area contributed by atoms with E-state index in [9.17, 15) is 4.79 Å². The molecular weight excluding hydrogens is 310 g/mol. The molecule has 0 atom stereocenters. The molecule has 1 aromatic heterocycles. The van der Waals surface area contributed by atoms with Crippen molar-refractivity contribution in [1.29, 1.82) is 0 Å². The third kappa shape index (κ3) is 3.55. The maximum absolute atomic E-state index is 12.4. The molecule has 0 aliphatic carbocycles. The first-order chi connectivity index (χ1) is 11.1. The van der Waals surface area contributed by atoms with E-state index in [2.05, 4.69) is 15.3 Å². The number of amides is 1. The van der Waals surface area contributed by atoms with Crippen molar-refractivity contribution in [2.24, 2.45) is 0 Å². The van der Waals surface area contributed by atoms with Gasteiger partial charge in [0.2, 0.25) is 0 Å². The molecule has 5 heteroatoms. The van der Waals surface area contributed by atoms with E-state index < -0.39 is 0 Å². The van der Waals surface area contributed by atoms with Crippen molar-refractivity contribution in [1.82, 2.24) is 9.97 Å². The predicted molar refractivity (Wildman–Crippen MR) is 91.6 cm³/mol. The van der Waals surface area contributed by atoms with Crippen LogP contribution in [-0.2, 0) is 0 Å². The van der Waals surface area contributed by atoms with Gasteiger partial charge in [-0.15, -0.1) is 0 Å². The van der Waals surface area contributed by atoms with Gasteiger partial charge in [-0.1, -0.05) is 41.9 Å². The number of aromatic nitrogens is 2. The highest BCUT2D eigenvalue weighted by Crippen LogP contribution is 2.21. The van der Waals surface area contributed by atoms with Crippen molar-refractivity contribution in [3.8, 4) is 11.3 Å². The molecule has 0 fully saturated rings. The predicted octanol–water partition coefficient (Wildman–Crippen LogP) is 4.36. The molecular formula is C18H14ClN3O. The van der Waals surface area contributed by atoms with E-state index >= 15 is 0 Å². The van der Waals surface area contributed by atoms with E-state index in [1.165, 1.54) is 6.33 Å². The molecule has 1 N–H and O–H groups in total. The monoisotopic (exact) mass is 323 g/mol. The topological polar surface area (TPSA) is 54.9 Å². The Morgan fingerprint density at radius 3 is 2.65 bits per heavy atom. The molecule has 0 saturated carbocycles. The number of nitrogens with one attached hydrogen (secondary N) is 1. The van der Waals surface area contributed by atoms with Gasteiger partial charge in [0.1, 0.15) is 12.0 Å². The summed E-state index contributed by atoms with van der Waals surface area (Å²) in [6.07, 6.45) is 1.38. The normalized spacial score (nSPS) is 10.3. The average molecular weight is 324 g/mol. The molecule has 0 radical (unpaired) electrons. The molecule has 1 amide bonds. The lowest BCUT2D eigenvalue weighted by atomic mass is 10.1. The fourth-order valence-electron chi connectivity index (χ4n) is 2.19. The van der Waals surface area contributed by atoms with Gasteiger partial charge in [0, 0.05) is 16.3 Å². The molecule has 0 unspecified atom stereocenters. The molecule has 1 heterocycles. The Morgan fingerprint density at radius 1 is 1.04 bits per heavy atom. The number of aryl methyl sites for hydroxylation is 1. The average Bonchev–Trinajstić information content (AvgIpc) is 2.57. The molecule has 0 saturated heterocycles. The number of anilines is 1. The third-order valence-corrected chi connectivity index (χ3v) is 3.65. The van der Waals surface area contributed by atoms with Gasteiger partial charge in [0.15, 0.2) is 0 Å². The summed E-state index contributed by atoms with van der Waals surface area (Å²) in [6, 6.07) is 16.6. The number of carbonyl (C=O) groups excluding carboxylic acids is 1. The minimum Gasteiger partial charge on any atom is -0.320 e. The Hall–Kier alpha value is -2.72. The zero-order valence-electron chi connectivity index (χ0n) is 12.5. The summed E-state index contributed by atoms with van der Waals surface area (Å²) in [5.41, 5.74) is 3.55. The minimum absolute atomic E-state index is 0.273. The molecule has 23 heavy (non-hydrogen) atoms. The minimum atomic E-state index is -0.273. The molecule has 0 aliphatic heterocycles. The van der Waals surface area contributed by atoms with E-state index in [-0.39, 0.29) is 5.91 Å². The van der Waals surface area contributed by atoms with Crippen molar-refractivity contribution < 1.29 is 4.79 Å². The van der Waals surface area contributed by atoms with Crippen molar-refractivity contribution >= 4 is 23.2 Å². The second-order valence-corrected chi connectivity index (χ2v) is 5.50. The van der Waals surface area contributed by atoms with Crippen LogP contribution in [-0.4, -0.2) is 15.9 Å². The van der Waals surface area contributed by atoms with Crippen LogP contribution >= 0.6 is 11.6 Å². The number of hydrogen-bond donors (Lipinski definition) is 1. The van der Waals surface area contributed by atoms with Crippen LogP contribution in [0.4, 0.5) is 5.69 Å². The molecule has 2 aromatic carbocycles. The highest BCUT2D eigenvalue weighted by atomic mass is 35.5. The van der Waals surface area contributed by atoms with Crippen LogP contribution in [0.15, 0.2) is 60.9 Å². The van der Waals surface area contributed by atoms with E-state index in [1.54, 1.807) is 18.2 Å². The second-order valence-electron chi connectivity index (χ2n) is 5.07. The van der Waals surface area contributed by atoms with Crippen LogP contribution in [0.3, 0.4) is 0 Å². The molecule has 3 aromatic rings. The lowest BCUT2D eigenvalue weighted by Crippen LogP contribution is -2.14. The second kappa shape index (κ2) is 6.58. The first-order valence-corrected chi connectivity index (χ1v) is 7.46. The summed E-state index contributed by atoms with van der Waals surface area (Å²) < 4.78 is 0. The standard InChI is InChI=1S/C18H14ClN3O/c1-12-5-2-3-8-15(12)22-18(23)17-10-16(20-11-21-17)13-6-4-7-14(19)9-13/h2-11H,1H3,(H,22,23). The Kier molecular flexibility index (Phi) is 4.35. The lowest BCUT2D eigenvalue weighted by Gasteiger charge is -2.08. The Bertz CT molecular complexity index is 864. The Morgan fingerprint density at radius 2 is 1.87 bits per heavy atom. The number of carbonyl (C=O) groups is 1. The molecule has 0 spiro atoms. The first kappa shape index (κ1) is 15.2. The molecule has 114 valence electrons. The van der Waals surface area contributed by atoms with Crippen LogP contribution < -0.4 is 5.32 Å². The Balaban J connectivity index is 1.88. The number of benzene rings is 2. The van der Waals surface area contributed by atoms with Crippen molar-refractivity contribution in [3.05, 3.63) is 77.2 Å². The van der Waals surface area contributed by atoms with Gasteiger partial charge in [-0.3, -0.25) is 4.79 Å². The van der Waals surface area contributed by atoms with E-state index in [0.717, 1.165) is 16.8 Å². The molecule has 4 nitrogen and oxygen atoms in total. The van der Waals surface area contributed by atoms with Gasteiger partial charge < -0.3 is 5.32 Å². The Labute approximate surface area is 139 Å². The van der Waals surface area contributed by atoms with Crippen molar-refractivity contribution in [3.63, 3.8) is 0 Å². The number of hydrogen-bond acceptors (Lipinski definition) is 3. The smallest absolute Gasteiger partial charge is 0.274 e. The van der Waals surface area contributed by atoms with Gasteiger partial charge >= 0.3 is 0 Å². The van der Waals surface area contributed by atoms with E-state index in [4.69, 9.17) is 11.6 Å². The summed E-state index contributed by atoms with van der Waals surface area (Å²) in [4.78, 5) is 20.7. The highest BCUT2D eigenvalue weighted by molar-refractivity contribution is 6.30. The first-order valence-electron chi connectivity index (χ1n) is 7.08. The maximum atomic E-state index is 12.4. The number of rotatable bonds is 3. The van der Waals surface area contributed by atoms with E-state index in [1.807, 2.05) is 43.3 Å². The van der Waals surface area contributed by atoms with Crippen molar-refractivity contribution in [2.75, 3.05) is 5.32 Å². The van der Waals surface area contributed by atoms with Crippen LogP contribution in [0, 0.1) is 6.92 Å². The van der Waals surface area contributed by atoms with Crippen molar-refractivity contribution in [2.45, 2.75) is 6.92 Å². The number of nitrogens with zero attached hydrogens (tertiary/aromatic N) is 2. The summed E-state index contributed by atoms with van der Waals surface area (Å²) in [5, 5.41) is 3.48. The highest BCUT2D eigenvalue weighted by Gasteiger charge is 2.11. The summed E-state index contributed by atoms with van der Waals surface area (Å²) >= 11 is 6.00. The fraction of sp³-hybridized carbons (Fsp3) is 0.0556. The molecule has 0 bridgehead atoms. The van der Waals surface area contributed by atoms with Crippen LogP contribution in [0.25, 0.3) is 11.3 Å². The maximum Gasteiger partial charge on any atom is 0.274 e. The lowest BCUT2D eigenvalue weighted by molar-refractivity contribution is 0.102. The van der Waals surface area contributed by atoms with Crippen LogP contribution in [0.2, 0.25) is 5.02 Å². The quantitative estimate of drug-likeness (QED) is 0.779. The zero-order chi connectivity index (χ0) is 16.2. The van der Waals surface area contributed by atoms with Crippen LogP contribution in [0.5, 0.6) is 0 Å². The van der Waals surface area contributed by atoms with Gasteiger partial charge in [-0.2, -0.15) is 0 Å². The number of para-hydroxylation sites is 1. The van der Waals surface area contributed by atoms with Crippen LogP contribution in [0.1, 0.15) is 16.1 Å². The fourth-order valence-corrected chi connectivity index (χ4v) is 2.38. The summed E-state index contributed by atoms with van der Waals surface area (Å²) in [7, 11) is 0. The van der Waals surface area contributed by atoms with Gasteiger partial charge in [0.25, 0.3) is 5.91 Å². The SMILES string of the molecule is Cc1ccccc1NC(=O)c1cc(-c2cccc(Cl)c2)ncn1. The van der Waals surface area contributed by atoms with E-state index in [0.29, 0.717) is 16.4 Å². The largest absolute Gasteiger partial charge is 0.320 e. The zero-order valence-corrected chi connectivity index (χ0v) is 13.2. The summed E-state index contributed by atoms with van der Waals surface area (Å²) in [6.45, 7) is 1.94. The van der Waals surface area contributed by atoms with Gasteiger partial charge in [-0.05, 0) is 36.8 Å². The third-order valence-electron chi connectivity index (χ3n) is 3.41. The number of halogens is 1. The molecule has 0 aliphatic rings. The van der Waals surface area contributed by atoms with Gasteiger partial charge in [0.05, 0.1) is 5.69 Å². The summed E-state index contributed by atoms with van der Waals surface area (Å²) in [5.74, 6) is -0.273. The van der Waals surface area contributed by atoms with Gasteiger partial charge in [-0.25, -0.2) is 9.97 Å². The molecule has 3 rings (SSSR count).